The third kappa shape index (κ3) is 3.34. The maximum Gasteiger partial charge on any atom is 0.247 e. The molecule has 106 valence electrons. The summed E-state index contributed by atoms with van der Waals surface area (Å²) in [5, 5.41) is 2.64. The summed E-state index contributed by atoms with van der Waals surface area (Å²) in [5.74, 6) is -0.773. The van der Waals surface area contributed by atoms with Gasteiger partial charge in [-0.3, -0.25) is 9.59 Å². The van der Waals surface area contributed by atoms with Crippen LogP contribution in [0.2, 0.25) is 0 Å². The van der Waals surface area contributed by atoms with E-state index in [0.29, 0.717) is 18.7 Å². The number of methoxy groups -OCH3 is 1. The summed E-state index contributed by atoms with van der Waals surface area (Å²) in [4.78, 5) is 24.5. The zero-order valence-electron chi connectivity index (χ0n) is 11.1. The van der Waals surface area contributed by atoms with E-state index in [1.165, 1.54) is 36.3 Å². The van der Waals surface area contributed by atoms with E-state index in [9.17, 15) is 14.0 Å². The molecule has 1 fully saturated rings. The highest BCUT2D eigenvalue weighted by molar-refractivity contribution is 5.94. The molecule has 1 N–H and O–H groups in total. The number of benzene rings is 1. The fourth-order valence-corrected chi connectivity index (χ4v) is 1.89. The van der Waals surface area contributed by atoms with Crippen LogP contribution in [-0.4, -0.2) is 43.5 Å². The van der Waals surface area contributed by atoms with Crippen LogP contribution in [0.25, 0.3) is 6.08 Å². The molecular weight excluding hydrogens is 263 g/mol. The molecule has 20 heavy (non-hydrogen) atoms. The van der Waals surface area contributed by atoms with Crippen LogP contribution >= 0.6 is 0 Å². The molecule has 2 rings (SSSR count). The van der Waals surface area contributed by atoms with Crippen LogP contribution in [0.1, 0.15) is 5.56 Å². The second-order valence-corrected chi connectivity index (χ2v) is 4.34. The molecule has 1 aromatic carbocycles. The fourth-order valence-electron chi connectivity index (χ4n) is 1.89. The van der Waals surface area contributed by atoms with Crippen molar-refractivity contribution in [1.29, 1.82) is 0 Å². The predicted octanol–water partition coefficient (Wildman–Crippen LogP) is 0.806. The van der Waals surface area contributed by atoms with E-state index < -0.39 is 5.82 Å². The van der Waals surface area contributed by atoms with Gasteiger partial charge in [-0.15, -0.1) is 0 Å². The van der Waals surface area contributed by atoms with Crippen LogP contribution in [0.5, 0.6) is 5.75 Å². The molecule has 1 saturated heterocycles. The molecule has 2 amide bonds. The van der Waals surface area contributed by atoms with Crippen molar-refractivity contribution in [1.82, 2.24) is 10.2 Å². The third-order valence-electron chi connectivity index (χ3n) is 2.94. The normalized spacial score (nSPS) is 15.3. The van der Waals surface area contributed by atoms with E-state index in [0.717, 1.165) is 0 Å². The van der Waals surface area contributed by atoms with Gasteiger partial charge < -0.3 is 15.0 Å². The zero-order valence-corrected chi connectivity index (χ0v) is 11.1. The average molecular weight is 278 g/mol. The number of piperazine rings is 1. The fraction of sp³-hybridized carbons (Fsp3) is 0.286. The Kier molecular flexibility index (Phi) is 4.34. The van der Waals surface area contributed by atoms with Gasteiger partial charge in [0, 0.05) is 19.2 Å². The second kappa shape index (κ2) is 6.18. The Hall–Kier alpha value is -2.37. The molecule has 0 aromatic heterocycles. The molecule has 1 aromatic rings. The number of hydrogen-bond acceptors (Lipinski definition) is 3. The molecule has 0 atom stereocenters. The third-order valence-corrected chi connectivity index (χ3v) is 2.94. The van der Waals surface area contributed by atoms with Crippen molar-refractivity contribution in [3.63, 3.8) is 0 Å². The first-order valence-corrected chi connectivity index (χ1v) is 6.17. The van der Waals surface area contributed by atoms with Crippen molar-refractivity contribution in [3.05, 3.63) is 35.7 Å². The van der Waals surface area contributed by atoms with Crippen molar-refractivity contribution in [2.45, 2.75) is 0 Å². The monoisotopic (exact) mass is 278 g/mol. The Morgan fingerprint density at radius 1 is 1.50 bits per heavy atom. The smallest absolute Gasteiger partial charge is 0.247 e. The van der Waals surface area contributed by atoms with Crippen LogP contribution in [0.4, 0.5) is 4.39 Å². The Labute approximate surface area is 116 Å². The summed E-state index contributed by atoms with van der Waals surface area (Å²) in [6.07, 6.45) is 2.84. The van der Waals surface area contributed by atoms with E-state index in [4.69, 9.17) is 4.74 Å². The largest absolute Gasteiger partial charge is 0.494 e. The minimum Gasteiger partial charge on any atom is -0.494 e. The van der Waals surface area contributed by atoms with Crippen LogP contribution in [0.15, 0.2) is 24.3 Å². The summed E-state index contributed by atoms with van der Waals surface area (Å²) in [5.41, 5.74) is 0.554. The van der Waals surface area contributed by atoms with Gasteiger partial charge in [-0.05, 0) is 23.8 Å². The minimum absolute atomic E-state index is 0.0557. The summed E-state index contributed by atoms with van der Waals surface area (Å²) in [7, 11) is 1.39. The van der Waals surface area contributed by atoms with Gasteiger partial charge in [0.2, 0.25) is 11.8 Å². The maximum atomic E-state index is 13.5. The molecule has 0 radical (unpaired) electrons. The lowest BCUT2D eigenvalue weighted by Crippen LogP contribution is -2.49. The number of carbonyl (C=O) groups is 2. The lowest BCUT2D eigenvalue weighted by Gasteiger charge is -2.25. The topological polar surface area (TPSA) is 58.6 Å². The van der Waals surface area contributed by atoms with Crippen LogP contribution in [0, 0.1) is 5.82 Å². The van der Waals surface area contributed by atoms with E-state index in [-0.39, 0.29) is 24.1 Å². The molecule has 1 heterocycles. The summed E-state index contributed by atoms with van der Waals surface area (Å²) in [6, 6.07) is 4.42. The number of carbonyl (C=O) groups excluding carboxylic acids is 2. The van der Waals surface area contributed by atoms with Crippen molar-refractivity contribution >= 4 is 17.9 Å². The first-order valence-electron chi connectivity index (χ1n) is 6.17. The highest BCUT2D eigenvalue weighted by atomic mass is 19.1. The van der Waals surface area contributed by atoms with Crippen LogP contribution in [-0.2, 0) is 9.59 Å². The van der Waals surface area contributed by atoms with Crippen LogP contribution in [0.3, 0.4) is 0 Å². The Morgan fingerprint density at radius 2 is 2.30 bits per heavy atom. The van der Waals surface area contributed by atoms with Crippen molar-refractivity contribution in [2.75, 3.05) is 26.7 Å². The van der Waals surface area contributed by atoms with Gasteiger partial charge in [0.25, 0.3) is 0 Å². The molecule has 1 aliphatic rings. The first-order chi connectivity index (χ1) is 9.60. The Balaban J connectivity index is 2.03. The van der Waals surface area contributed by atoms with Gasteiger partial charge in [-0.1, -0.05) is 6.07 Å². The Bertz CT molecular complexity index is 557. The highest BCUT2D eigenvalue weighted by Crippen LogP contribution is 2.18. The maximum absolute atomic E-state index is 13.5. The zero-order chi connectivity index (χ0) is 14.5. The molecule has 0 spiro atoms. The van der Waals surface area contributed by atoms with Crippen molar-refractivity contribution in [3.8, 4) is 5.75 Å². The number of nitrogens with one attached hydrogen (secondary N) is 1. The van der Waals surface area contributed by atoms with Gasteiger partial charge >= 0.3 is 0 Å². The van der Waals surface area contributed by atoms with E-state index in [1.54, 1.807) is 6.07 Å². The number of halogens is 1. The molecule has 5 nitrogen and oxygen atoms in total. The van der Waals surface area contributed by atoms with E-state index in [2.05, 4.69) is 5.32 Å². The summed E-state index contributed by atoms with van der Waals surface area (Å²) < 4.78 is 18.3. The highest BCUT2D eigenvalue weighted by Gasteiger charge is 2.18. The second-order valence-electron chi connectivity index (χ2n) is 4.34. The van der Waals surface area contributed by atoms with Gasteiger partial charge in [0.1, 0.15) is 0 Å². The number of hydrogen-bond donors (Lipinski definition) is 1. The Morgan fingerprint density at radius 3 is 2.95 bits per heavy atom. The molecule has 0 bridgehead atoms. The van der Waals surface area contributed by atoms with Gasteiger partial charge in [0.05, 0.1) is 13.7 Å². The lowest BCUT2D eigenvalue weighted by molar-refractivity contribution is -0.134. The SMILES string of the molecule is COc1ccc(C=CC(=O)N2CCNC(=O)C2)cc1F. The lowest BCUT2D eigenvalue weighted by atomic mass is 10.2. The molecular formula is C14H15FN2O3. The first kappa shape index (κ1) is 14.0. The summed E-state index contributed by atoms with van der Waals surface area (Å²) in [6.45, 7) is 0.988. The van der Waals surface area contributed by atoms with Gasteiger partial charge in [0.15, 0.2) is 11.6 Å². The van der Waals surface area contributed by atoms with Gasteiger partial charge in [-0.25, -0.2) is 4.39 Å². The summed E-state index contributed by atoms with van der Waals surface area (Å²) >= 11 is 0. The number of rotatable bonds is 3. The van der Waals surface area contributed by atoms with Crippen LogP contribution < -0.4 is 10.1 Å². The molecule has 6 heteroatoms. The average Bonchev–Trinajstić information content (AvgIpc) is 2.45. The molecule has 0 unspecified atom stereocenters. The molecule has 0 aliphatic carbocycles. The number of amides is 2. The van der Waals surface area contributed by atoms with E-state index >= 15 is 0 Å². The molecule has 1 aliphatic heterocycles. The standard InChI is InChI=1S/C14H15FN2O3/c1-20-12-4-2-10(8-11(12)15)3-5-14(19)17-7-6-16-13(18)9-17/h2-5,8H,6-7,9H2,1H3,(H,16,18). The quantitative estimate of drug-likeness (QED) is 0.832. The van der Waals surface area contributed by atoms with Crippen molar-refractivity contribution < 1.29 is 18.7 Å². The predicted molar refractivity (Wildman–Crippen MR) is 71.6 cm³/mol. The van der Waals surface area contributed by atoms with Gasteiger partial charge in [-0.2, -0.15) is 0 Å². The minimum atomic E-state index is -0.487. The number of ether oxygens (including phenoxy) is 1. The number of nitrogens with zero attached hydrogens (tertiary/aromatic N) is 1. The van der Waals surface area contributed by atoms with E-state index in [1.807, 2.05) is 0 Å². The van der Waals surface area contributed by atoms with Crippen molar-refractivity contribution in [2.24, 2.45) is 0 Å². The molecule has 0 saturated carbocycles.